The van der Waals surface area contributed by atoms with Crippen LogP contribution in [-0.2, 0) is 4.79 Å². The number of nitrogens with one attached hydrogen (secondary N) is 1. The monoisotopic (exact) mass is 284 g/mol. The number of hydrogen-bond acceptors (Lipinski definition) is 4. The van der Waals surface area contributed by atoms with Crippen molar-refractivity contribution in [2.45, 2.75) is 13.3 Å². The van der Waals surface area contributed by atoms with E-state index in [1.54, 1.807) is 0 Å². The topological polar surface area (TPSA) is 51.2 Å². The normalized spacial score (nSPS) is 10.6. The quantitative estimate of drug-likeness (QED) is 0.858. The number of amides is 1. The van der Waals surface area contributed by atoms with Crippen molar-refractivity contribution < 1.29 is 9.53 Å². The van der Waals surface area contributed by atoms with Gasteiger partial charge in [0.25, 0.3) is 0 Å². The number of fused-ring (bicyclic) bond motifs is 1. The Hall–Kier alpha value is -1.33. The van der Waals surface area contributed by atoms with Gasteiger partial charge in [-0.15, -0.1) is 11.6 Å². The van der Waals surface area contributed by atoms with Crippen molar-refractivity contribution in [3.8, 4) is 5.75 Å². The Balaban J connectivity index is 2.19. The Labute approximate surface area is 114 Å². The highest BCUT2D eigenvalue weighted by Gasteiger charge is 2.08. The lowest BCUT2D eigenvalue weighted by Crippen LogP contribution is -2.11. The number of benzene rings is 1. The van der Waals surface area contributed by atoms with Gasteiger partial charge in [0.15, 0.2) is 5.13 Å². The van der Waals surface area contributed by atoms with Gasteiger partial charge in [0, 0.05) is 12.3 Å². The molecule has 18 heavy (non-hydrogen) atoms. The summed E-state index contributed by atoms with van der Waals surface area (Å²) in [6.45, 7) is 2.57. The zero-order chi connectivity index (χ0) is 13.0. The Kier molecular flexibility index (Phi) is 4.38. The first-order valence-corrected chi connectivity index (χ1v) is 6.97. The van der Waals surface area contributed by atoms with Crippen LogP contribution < -0.4 is 10.1 Å². The number of aromatic nitrogens is 1. The van der Waals surface area contributed by atoms with Gasteiger partial charge >= 0.3 is 0 Å². The summed E-state index contributed by atoms with van der Waals surface area (Å²) >= 11 is 6.93. The lowest BCUT2D eigenvalue weighted by molar-refractivity contribution is -0.115. The molecular formula is C12H13ClN2O2S. The summed E-state index contributed by atoms with van der Waals surface area (Å²) in [4.78, 5) is 15.7. The Morgan fingerprint density at radius 2 is 2.39 bits per heavy atom. The summed E-state index contributed by atoms with van der Waals surface area (Å²) in [5.74, 6) is 1.01. The number of alkyl halides is 1. The number of hydrogen-bond donors (Lipinski definition) is 1. The highest BCUT2D eigenvalue weighted by atomic mass is 35.5. The first-order valence-electron chi connectivity index (χ1n) is 5.62. The minimum absolute atomic E-state index is 0.117. The maximum absolute atomic E-state index is 11.4. The summed E-state index contributed by atoms with van der Waals surface area (Å²) in [5, 5.41) is 3.32. The number of rotatable bonds is 5. The smallest absolute Gasteiger partial charge is 0.227 e. The number of anilines is 1. The molecule has 0 fully saturated rings. The van der Waals surface area contributed by atoms with Crippen molar-refractivity contribution in [2.24, 2.45) is 0 Å². The maximum Gasteiger partial charge on any atom is 0.227 e. The third kappa shape index (κ3) is 3.11. The third-order valence-corrected chi connectivity index (χ3v) is 3.36. The maximum atomic E-state index is 11.4. The zero-order valence-corrected chi connectivity index (χ0v) is 11.5. The number of ether oxygens (including phenoxy) is 1. The van der Waals surface area contributed by atoms with Crippen LogP contribution in [-0.4, -0.2) is 23.4 Å². The average Bonchev–Trinajstić information content (AvgIpc) is 2.71. The molecule has 2 rings (SSSR count). The van der Waals surface area contributed by atoms with Crippen LogP contribution >= 0.6 is 22.9 Å². The summed E-state index contributed by atoms with van der Waals surface area (Å²) in [7, 11) is 0. The molecule has 0 aliphatic heterocycles. The van der Waals surface area contributed by atoms with E-state index >= 15 is 0 Å². The minimum atomic E-state index is -0.117. The molecule has 0 aliphatic rings. The SMILES string of the molecule is CCOc1ccc2nc(NC(=O)CCCl)sc2c1. The van der Waals surface area contributed by atoms with E-state index in [1.165, 1.54) is 11.3 Å². The van der Waals surface area contributed by atoms with Gasteiger partial charge in [0.05, 0.1) is 16.8 Å². The van der Waals surface area contributed by atoms with Crippen LogP contribution in [0.15, 0.2) is 18.2 Å². The molecule has 2 aromatic rings. The summed E-state index contributed by atoms with van der Waals surface area (Å²) < 4.78 is 6.41. The number of nitrogens with zero attached hydrogens (tertiary/aromatic N) is 1. The fraction of sp³-hybridized carbons (Fsp3) is 0.333. The molecule has 0 spiro atoms. The van der Waals surface area contributed by atoms with E-state index in [1.807, 2.05) is 25.1 Å². The molecule has 0 saturated carbocycles. The molecule has 96 valence electrons. The van der Waals surface area contributed by atoms with E-state index in [0.29, 0.717) is 24.0 Å². The molecule has 0 saturated heterocycles. The first-order chi connectivity index (χ1) is 8.72. The molecule has 6 heteroatoms. The second-order valence-corrected chi connectivity index (χ2v) is 4.98. The van der Waals surface area contributed by atoms with E-state index in [4.69, 9.17) is 16.3 Å². The Morgan fingerprint density at radius 1 is 1.56 bits per heavy atom. The van der Waals surface area contributed by atoms with E-state index < -0.39 is 0 Å². The molecule has 0 radical (unpaired) electrons. The minimum Gasteiger partial charge on any atom is -0.494 e. The van der Waals surface area contributed by atoms with Crippen molar-refractivity contribution in [1.29, 1.82) is 0 Å². The average molecular weight is 285 g/mol. The fourth-order valence-electron chi connectivity index (χ4n) is 1.48. The molecule has 0 aliphatic carbocycles. The number of halogens is 1. The summed E-state index contributed by atoms with van der Waals surface area (Å²) in [6, 6.07) is 5.68. The Morgan fingerprint density at radius 3 is 3.11 bits per heavy atom. The third-order valence-electron chi connectivity index (χ3n) is 2.24. The second kappa shape index (κ2) is 6.02. The number of carbonyl (C=O) groups excluding carboxylic acids is 1. The van der Waals surface area contributed by atoms with Crippen molar-refractivity contribution in [3.05, 3.63) is 18.2 Å². The largest absolute Gasteiger partial charge is 0.494 e. The van der Waals surface area contributed by atoms with Gasteiger partial charge < -0.3 is 10.1 Å². The standard InChI is InChI=1S/C12H13ClN2O2S/c1-2-17-8-3-4-9-10(7-8)18-12(14-9)15-11(16)5-6-13/h3-4,7H,2,5-6H2,1H3,(H,14,15,16). The van der Waals surface area contributed by atoms with Crippen LogP contribution in [0, 0.1) is 0 Å². The van der Waals surface area contributed by atoms with Crippen LogP contribution in [0.5, 0.6) is 5.75 Å². The molecule has 0 unspecified atom stereocenters. The van der Waals surface area contributed by atoms with Gasteiger partial charge in [-0.2, -0.15) is 0 Å². The first kappa shape index (κ1) is 13.1. The van der Waals surface area contributed by atoms with Gasteiger partial charge in [-0.05, 0) is 25.1 Å². The molecule has 0 bridgehead atoms. The lowest BCUT2D eigenvalue weighted by Gasteiger charge is -2.00. The van der Waals surface area contributed by atoms with Gasteiger partial charge in [0.2, 0.25) is 5.91 Å². The van der Waals surface area contributed by atoms with E-state index in [-0.39, 0.29) is 5.91 Å². The van der Waals surface area contributed by atoms with E-state index in [9.17, 15) is 4.79 Å². The predicted molar refractivity (Wildman–Crippen MR) is 74.8 cm³/mol. The van der Waals surface area contributed by atoms with Gasteiger partial charge in [-0.1, -0.05) is 11.3 Å². The van der Waals surface area contributed by atoms with Crippen LogP contribution in [0.1, 0.15) is 13.3 Å². The molecule has 1 aromatic carbocycles. The molecule has 4 nitrogen and oxygen atoms in total. The molecular weight excluding hydrogens is 272 g/mol. The molecule has 1 N–H and O–H groups in total. The molecule has 1 amide bonds. The van der Waals surface area contributed by atoms with Crippen molar-refractivity contribution in [1.82, 2.24) is 4.98 Å². The lowest BCUT2D eigenvalue weighted by atomic mass is 10.3. The van der Waals surface area contributed by atoms with E-state index in [0.717, 1.165) is 16.0 Å². The van der Waals surface area contributed by atoms with E-state index in [2.05, 4.69) is 10.3 Å². The number of carbonyl (C=O) groups is 1. The molecule has 1 heterocycles. The van der Waals surface area contributed by atoms with Crippen molar-refractivity contribution in [3.63, 3.8) is 0 Å². The van der Waals surface area contributed by atoms with Crippen LogP contribution in [0.4, 0.5) is 5.13 Å². The summed E-state index contributed by atoms with van der Waals surface area (Å²) in [6.07, 6.45) is 0.293. The molecule has 0 atom stereocenters. The van der Waals surface area contributed by atoms with Crippen LogP contribution in [0.2, 0.25) is 0 Å². The highest BCUT2D eigenvalue weighted by Crippen LogP contribution is 2.29. The van der Waals surface area contributed by atoms with Gasteiger partial charge in [-0.3, -0.25) is 4.79 Å². The second-order valence-electron chi connectivity index (χ2n) is 3.57. The van der Waals surface area contributed by atoms with Crippen molar-refractivity contribution >= 4 is 44.2 Å². The fourth-order valence-corrected chi connectivity index (χ4v) is 2.56. The molecule has 1 aromatic heterocycles. The van der Waals surface area contributed by atoms with Crippen molar-refractivity contribution in [2.75, 3.05) is 17.8 Å². The van der Waals surface area contributed by atoms with Gasteiger partial charge in [0.1, 0.15) is 5.75 Å². The summed E-state index contributed by atoms with van der Waals surface area (Å²) in [5.41, 5.74) is 0.852. The van der Waals surface area contributed by atoms with Gasteiger partial charge in [-0.25, -0.2) is 4.98 Å². The predicted octanol–water partition coefficient (Wildman–Crippen LogP) is 3.26. The Bertz CT molecular complexity index is 556. The van der Waals surface area contributed by atoms with Crippen LogP contribution in [0.3, 0.4) is 0 Å². The number of thiazole rings is 1. The van der Waals surface area contributed by atoms with Crippen LogP contribution in [0.25, 0.3) is 10.2 Å². The highest BCUT2D eigenvalue weighted by molar-refractivity contribution is 7.22. The zero-order valence-electron chi connectivity index (χ0n) is 9.90.